The van der Waals surface area contributed by atoms with Crippen molar-refractivity contribution >= 4 is 23.5 Å². The van der Waals surface area contributed by atoms with Gasteiger partial charge in [-0.25, -0.2) is 9.07 Å². The number of thioether (sulfide) groups is 1. The number of benzene rings is 2. The third kappa shape index (κ3) is 4.89. The Hall–Kier alpha value is -3.46. The summed E-state index contributed by atoms with van der Waals surface area (Å²) < 4.78 is 18.3. The Morgan fingerprint density at radius 2 is 1.79 bits per heavy atom. The zero-order valence-corrected chi connectivity index (χ0v) is 19.4. The van der Waals surface area contributed by atoms with E-state index in [1.165, 1.54) is 30.7 Å². The zero-order valence-electron chi connectivity index (χ0n) is 18.6. The quantitative estimate of drug-likeness (QED) is 0.355. The minimum Gasteiger partial charge on any atom is -0.310 e. The maximum absolute atomic E-state index is 14.5. The molecule has 7 nitrogen and oxygen atoms in total. The standard InChI is InChI=1S/C25H25FN6OS/c26-21-13-7-6-12-20(21)24-29-30-25(31(24)16-18-8-2-1-3-9-18)34-17-23(33)28-22-14-15-27-32(22)19-10-4-5-11-19/h1-3,6-9,12-15,19H,4-5,10-11,16-17H2,(H,28,33). The van der Waals surface area contributed by atoms with Crippen LogP contribution >= 0.6 is 11.8 Å². The van der Waals surface area contributed by atoms with Crippen LogP contribution in [0.1, 0.15) is 37.3 Å². The molecule has 0 bridgehead atoms. The van der Waals surface area contributed by atoms with Crippen LogP contribution in [0.25, 0.3) is 11.4 Å². The molecule has 1 fully saturated rings. The van der Waals surface area contributed by atoms with Crippen LogP contribution in [0.2, 0.25) is 0 Å². The van der Waals surface area contributed by atoms with Gasteiger partial charge in [-0.1, -0.05) is 67.1 Å². The molecule has 1 amide bonds. The average molecular weight is 477 g/mol. The zero-order chi connectivity index (χ0) is 23.3. The molecule has 0 saturated heterocycles. The number of hydrogen-bond donors (Lipinski definition) is 1. The van der Waals surface area contributed by atoms with Gasteiger partial charge in [-0.05, 0) is 30.5 Å². The lowest BCUT2D eigenvalue weighted by Gasteiger charge is -2.14. The van der Waals surface area contributed by atoms with Gasteiger partial charge in [0.25, 0.3) is 0 Å². The predicted molar refractivity (Wildman–Crippen MR) is 130 cm³/mol. The Morgan fingerprint density at radius 3 is 2.59 bits per heavy atom. The lowest BCUT2D eigenvalue weighted by molar-refractivity contribution is -0.113. The lowest BCUT2D eigenvalue weighted by Crippen LogP contribution is -2.19. The fourth-order valence-corrected chi connectivity index (χ4v) is 5.05. The van der Waals surface area contributed by atoms with Crippen LogP contribution in [0, 0.1) is 5.82 Å². The summed E-state index contributed by atoms with van der Waals surface area (Å²) in [6, 6.07) is 18.5. The number of nitrogens with one attached hydrogen (secondary N) is 1. The van der Waals surface area contributed by atoms with E-state index >= 15 is 0 Å². The average Bonchev–Trinajstić information content (AvgIpc) is 3.60. The summed E-state index contributed by atoms with van der Waals surface area (Å²) in [6.45, 7) is 0.468. The molecule has 2 aromatic heterocycles. The first-order chi connectivity index (χ1) is 16.7. The summed E-state index contributed by atoms with van der Waals surface area (Å²) in [4.78, 5) is 12.8. The van der Waals surface area contributed by atoms with E-state index in [1.807, 2.05) is 45.6 Å². The fraction of sp³-hybridized carbons (Fsp3) is 0.280. The Balaban J connectivity index is 1.34. The first-order valence-corrected chi connectivity index (χ1v) is 12.4. The molecule has 34 heavy (non-hydrogen) atoms. The van der Waals surface area contributed by atoms with Crippen molar-refractivity contribution in [3.8, 4) is 11.4 Å². The summed E-state index contributed by atoms with van der Waals surface area (Å²) in [5, 5.41) is 16.5. The number of anilines is 1. The Bertz CT molecular complexity index is 1270. The van der Waals surface area contributed by atoms with E-state index in [2.05, 4.69) is 20.6 Å². The van der Waals surface area contributed by atoms with Gasteiger partial charge < -0.3 is 5.32 Å². The predicted octanol–water partition coefficient (Wildman–Crippen LogP) is 5.17. The molecular formula is C25H25FN6OS. The third-order valence-corrected chi connectivity index (χ3v) is 6.92. The highest BCUT2D eigenvalue weighted by Crippen LogP contribution is 2.31. The highest BCUT2D eigenvalue weighted by molar-refractivity contribution is 7.99. The summed E-state index contributed by atoms with van der Waals surface area (Å²) in [5.74, 6) is 0.796. The SMILES string of the molecule is O=C(CSc1nnc(-c2ccccc2F)n1Cc1ccccc1)Nc1ccnn1C1CCCC1. The maximum Gasteiger partial charge on any atom is 0.235 e. The van der Waals surface area contributed by atoms with E-state index in [0.717, 1.165) is 24.2 Å². The number of nitrogens with zero attached hydrogens (tertiary/aromatic N) is 5. The molecule has 1 saturated carbocycles. The minimum absolute atomic E-state index is 0.147. The molecule has 9 heteroatoms. The third-order valence-electron chi connectivity index (χ3n) is 5.96. The second kappa shape index (κ2) is 10.2. The number of carbonyl (C=O) groups excluding carboxylic acids is 1. The molecule has 0 aliphatic heterocycles. The number of aromatic nitrogens is 5. The van der Waals surface area contributed by atoms with Crippen molar-refractivity contribution in [1.29, 1.82) is 0 Å². The van der Waals surface area contributed by atoms with Crippen LogP contribution in [-0.4, -0.2) is 36.2 Å². The molecule has 0 atom stereocenters. The number of carbonyl (C=O) groups is 1. The van der Waals surface area contributed by atoms with E-state index in [4.69, 9.17) is 0 Å². The highest BCUT2D eigenvalue weighted by Gasteiger charge is 2.22. The summed E-state index contributed by atoms with van der Waals surface area (Å²) >= 11 is 1.28. The van der Waals surface area contributed by atoms with Crippen molar-refractivity contribution in [2.75, 3.05) is 11.1 Å². The topological polar surface area (TPSA) is 77.6 Å². The number of amides is 1. The summed E-state index contributed by atoms with van der Waals surface area (Å²) in [7, 11) is 0. The minimum atomic E-state index is -0.362. The normalized spacial score (nSPS) is 13.9. The fourth-order valence-electron chi connectivity index (χ4n) is 4.31. The van der Waals surface area contributed by atoms with Gasteiger partial charge in [-0.3, -0.25) is 9.36 Å². The van der Waals surface area contributed by atoms with Crippen molar-refractivity contribution in [3.63, 3.8) is 0 Å². The van der Waals surface area contributed by atoms with E-state index in [1.54, 1.807) is 24.4 Å². The van der Waals surface area contributed by atoms with Crippen LogP contribution in [0.5, 0.6) is 0 Å². The van der Waals surface area contributed by atoms with Crippen molar-refractivity contribution < 1.29 is 9.18 Å². The van der Waals surface area contributed by atoms with Crippen LogP contribution in [-0.2, 0) is 11.3 Å². The van der Waals surface area contributed by atoms with Crippen molar-refractivity contribution in [1.82, 2.24) is 24.5 Å². The van der Waals surface area contributed by atoms with Crippen LogP contribution in [0.4, 0.5) is 10.2 Å². The van der Waals surface area contributed by atoms with E-state index < -0.39 is 0 Å². The molecule has 2 heterocycles. The highest BCUT2D eigenvalue weighted by atomic mass is 32.2. The smallest absolute Gasteiger partial charge is 0.235 e. The summed E-state index contributed by atoms with van der Waals surface area (Å²) in [6.07, 6.45) is 6.27. The molecule has 0 unspecified atom stereocenters. The van der Waals surface area contributed by atoms with Crippen LogP contribution in [0.3, 0.4) is 0 Å². The molecule has 1 aliphatic carbocycles. The molecule has 174 valence electrons. The van der Waals surface area contributed by atoms with E-state index in [-0.39, 0.29) is 17.5 Å². The van der Waals surface area contributed by atoms with Gasteiger partial charge in [0.05, 0.1) is 30.1 Å². The van der Waals surface area contributed by atoms with Crippen molar-refractivity contribution in [2.45, 2.75) is 43.4 Å². The Kier molecular flexibility index (Phi) is 6.71. The lowest BCUT2D eigenvalue weighted by atomic mass is 10.2. The van der Waals surface area contributed by atoms with Gasteiger partial charge in [0.1, 0.15) is 11.6 Å². The van der Waals surface area contributed by atoms with Gasteiger partial charge in [0.2, 0.25) is 5.91 Å². The molecule has 4 aromatic rings. The van der Waals surface area contributed by atoms with Gasteiger partial charge in [-0.2, -0.15) is 5.10 Å². The van der Waals surface area contributed by atoms with Gasteiger partial charge in [0.15, 0.2) is 11.0 Å². The molecule has 1 aliphatic rings. The molecule has 5 rings (SSSR count). The largest absolute Gasteiger partial charge is 0.310 e. The van der Waals surface area contributed by atoms with Crippen LogP contribution in [0.15, 0.2) is 72.0 Å². The Labute approximate surface area is 201 Å². The second-order valence-electron chi connectivity index (χ2n) is 8.29. The second-order valence-corrected chi connectivity index (χ2v) is 9.24. The van der Waals surface area contributed by atoms with Crippen LogP contribution < -0.4 is 5.32 Å². The summed E-state index contributed by atoms with van der Waals surface area (Å²) in [5.41, 5.74) is 1.41. The molecule has 0 spiro atoms. The molecular weight excluding hydrogens is 451 g/mol. The number of rotatable bonds is 8. The number of hydrogen-bond acceptors (Lipinski definition) is 5. The molecule has 2 aromatic carbocycles. The van der Waals surface area contributed by atoms with Gasteiger partial charge in [0, 0.05) is 6.07 Å². The van der Waals surface area contributed by atoms with Gasteiger partial charge in [-0.15, -0.1) is 10.2 Å². The molecule has 0 radical (unpaired) electrons. The van der Waals surface area contributed by atoms with Gasteiger partial charge >= 0.3 is 0 Å². The monoisotopic (exact) mass is 476 g/mol. The first kappa shape index (κ1) is 22.3. The van der Waals surface area contributed by atoms with Crippen molar-refractivity contribution in [3.05, 3.63) is 78.2 Å². The van der Waals surface area contributed by atoms with E-state index in [0.29, 0.717) is 29.1 Å². The van der Waals surface area contributed by atoms with E-state index in [9.17, 15) is 9.18 Å². The van der Waals surface area contributed by atoms with Crippen molar-refractivity contribution in [2.24, 2.45) is 0 Å². The number of halogens is 1. The first-order valence-electron chi connectivity index (χ1n) is 11.4. The molecule has 1 N–H and O–H groups in total. The Morgan fingerprint density at radius 1 is 1.03 bits per heavy atom. The maximum atomic E-state index is 14.5.